The van der Waals surface area contributed by atoms with Crippen molar-refractivity contribution < 1.29 is 19.8 Å². The number of carbonyl (C=O) groups is 2. The van der Waals surface area contributed by atoms with Crippen LogP contribution in [0.1, 0.15) is 74.4 Å². The van der Waals surface area contributed by atoms with Gasteiger partial charge in [0.05, 0.1) is 0 Å². The quantitative estimate of drug-likeness (QED) is 0.198. The number of unbranched alkanes of at least 4 members (excludes halogenated alkanes) is 7. The molecule has 2 unspecified atom stereocenters. The van der Waals surface area contributed by atoms with Crippen molar-refractivity contribution in [3.63, 3.8) is 0 Å². The summed E-state index contributed by atoms with van der Waals surface area (Å²) in [4.78, 5) is 36.5. The van der Waals surface area contributed by atoms with Crippen LogP contribution < -0.4 is 11.5 Å². The van der Waals surface area contributed by atoms with E-state index in [0.717, 1.165) is 61.6 Å². The van der Waals surface area contributed by atoms with Crippen LogP contribution in [0.5, 0.6) is 0 Å². The molecule has 178 valence electrons. The van der Waals surface area contributed by atoms with Crippen molar-refractivity contribution in [2.75, 3.05) is 0 Å². The molecular weight excluding hydrogens is 412 g/mol. The average Bonchev–Trinajstić information content (AvgIpc) is 3.38. The van der Waals surface area contributed by atoms with Crippen molar-refractivity contribution in [2.24, 2.45) is 11.5 Å². The fourth-order valence-corrected chi connectivity index (χ4v) is 3.57. The normalized spacial score (nSPS) is 13.2. The fourth-order valence-electron chi connectivity index (χ4n) is 3.57. The molecule has 0 fully saturated rings. The van der Waals surface area contributed by atoms with E-state index in [9.17, 15) is 9.59 Å². The summed E-state index contributed by atoms with van der Waals surface area (Å²) in [5, 5.41) is 17.7. The molecule has 0 spiro atoms. The number of aromatic nitrogens is 4. The van der Waals surface area contributed by atoms with Gasteiger partial charge in [-0.3, -0.25) is 9.59 Å². The maximum atomic E-state index is 10.8. The summed E-state index contributed by atoms with van der Waals surface area (Å²) in [5.41, 5.74) is 12.6. The number of nitrogens with zero attached hydrogens (tertiary/aromatic N) is 2. The summed E-state index contributed by atoms with van der Waals surface area (Å²) in [6, 6.07) is -1.80. The zero-order valence-electron chi connectivity index (χ0n) is 18.6. The van der Waals surface area contributed by atoms with Crippen LogP contribution in [-0.2, 0) is 35.3 Å². The van der Waals surface area contributed by atoms with E-state index in [1.807, 2.05) is 0 Å². The van der Waals surface area contributed by atoms with Crippen LogP contribution in [0.4, 0.5) is 0 Å². The van der Waals surface area contributed by atoms with Gasteiger partial charge in [-0.2, -0.15) is 0 Å². The molecule has 0 bridgehead atoms. The van der Waals surface area contributed by atoms with E-state index in [2.05, 4.69) is 19.9 Å². The predicted octanol–water partition coefficient (Wildman–Crippen LogP) is 1.95. The molecule has 0 amide bonds. The minimum Gasteiger partial charge on any atom is -0.480 e. The van der Waals surface area contributed by atoms with E-state index in [0.29, 0.717) is 0 Å². The molecule has 2 rings (SSSR count). The molecule has 0 aliphatic heterocycles. The minimum absolute atomic E-state index is 0.266. The topological polar surface area (TPSA) is 184 Å². The van der Waals surface area contributed by atoms with Gasteiger partial charge in [-0.1, -0.05) is 38.5 Å². The van der Waals surface area contributed by atoms with E-state index >= 15 is 0 Å². The summed E-state index contributed by atoms with van der Waals surface area (Å²) < 4.78 is 0. The average molecular weight is 449 g/mol. The van der Waals surface area contributed by atoms with Crippen LogP contribution in [0.3, 0.4) is 0 Å². The number of aryl methyl sites for hydroxylation is 2. The van der Waals surface area contributed by atoms with Crippen molar-refractivity contribution in [3.05, 3.63) is 35.4 Å². The van der Waals surface area contributed by atoms with Gasteiger partial charge in [0.1, 0.15) is 23.7 Å². The van der Waals surface area contributed by atoms with E-state index in [4.69, 9.17) is 21.7 Å². The molecule has 10 heteroatoms. The largest absolute Gasteiger partial charge is 0.480 e. The number of nitrogens with one attached hydrogen (secondary N) is 2. The molecule has 0 saturated heterocycles. The smallest absolute Gasteiger partial charge is 0.320 e. The third-order valence-electron chi connectivity index (χ3n) is 5.45. The number of nitrogens with two attached hydrogens (primary N) is 2. The van der Waals surface area contributed by atoms with E-state index in [1.54, 1.807) is 12.4 Å². The molecule has 2 atom stereocenters. The Kier molecular flexibility index (Phi) is 10.9. The van der Waals surface area contributed by atoms with E-state index in [1.165, 1.54) is 25.7 Å². The van der Waals surface area contributed by atoms with Gasteiger partial charge in [0.25, 0.3) is 0 Å². The Hall–Kier alpha value is -2.72. The Morgan fingerprint density at radius 3 is 1.41 bits per heavy atom. The third kappa shape index (κ3) is 9.61. The molecule has 2 aromatic rings. The number of H-pyrrole nitrogens is 2. The molecule has 0 aliphatic carbocycles. The Balaban J connectivity index is 1.45. The van der Waals surface area contributed by atoms with Crippen molar-refractivity contribution in [1.82, 2.24) is 19.9 Å². The number of aromatic amines is 2. The number of imidazole rings is 2. The minimum atomic E-state index is -1.01. The number of carboxylic acid groups (broad SMARTS) is 2. The van der Waals surface area contributed by atoms with Crippen LogP contribution in [0, 0.1) is 0 Å². The lowest BCUT2D eigenvalue weighted by Crippen LogP contribution is -2.32. The highest BCUT2D eigenvalue weighted by molar-refractivity contribution is 5.73. The maximum absolute atomic E-state index is 10.8. The molecule has 10 nitrogen and oxygen atoms in total. The van der Waals surface area contributed by atoms with Crippen LogP contribution in [-0.4, -0.2) is 54.2 Å². The van der Waals surface area contributed by atoms with Gasteiger partial charge >= 0.3 is 11.9 Å². The molecule has 0 radical (unpaired) electrons. The number of rotatable bonds is 17. The number of hydrogen-bond acceptors (Lipinski definition) is 6. The lowest BCUT2D eigenvalue weighted by molar-refractivity contribution is -0.139. The zero-order valence-corrected chi connectivity index (χ0v) is 18.6. The standard InChI is InChI=1S/C22H36N6O4/c23-17(21(29)30)11-15-13-25-19(27-15)9-7-5-3-1-2-4-6-8-10-20-26-14-16(28-20)12-18(24)22(31)32/h13-14,17-18H,1-12,23-24H2,(H,25,27)(H,26,28)(H,29,30)(H,31,32). The van der Waals surface area contributed by atoms with Gasteiger partial charge in [-0.15, -0.1) is 0 Å². The van der Waals surface area contributed by atoms with Gasteiger partial charge in [-0.25, -0.2) is 9.97 Å². The van der Waals surface area contributed by atoms with Gasteiger partial charge in [0.15, 0.2) is 0 Å². The second-order valence-electron chi connectivity index (χ2n) is 8.34. The van der Waals surface area contributed by atoms with E-state index < -0.39 is 24.0 Å². The van der Waals surface area contributed by atoms with Gasteiger partial charge in [0, 0.05) is 49.5 Å². The first-order valence-electron chi connectivity index (χ1n) is 11.4. The Morgan fingerprint density at radius 1 is 0.719 bits per heavy atom. The first-order valence-corrected chi connectivity index (χ1v) is 11.4. The second kappa shape index (κ2) is 13.6. The van der Waals surface area contributed by atoms with Crippen LogP contribution in [0.2, 0.25) is 0 Å². The lowest BCUT2D eigenvalue weighted by Gasteiger charge is -2.04. The van der Waals surface area contributed by atoms with Crippen LogP contribution in [0.25, 0.3) is 0 Å². The fraction of sp³-hybridized carbons (Fsp3) is 0.636. The first kappa shape index (κ1) is 25.5. The zero-order chi connectivity index (χ0) is 23.3. The summed E-state index contributed by atoms with van der Waals surface area (Å²) >= 11 is 0. The predicted molar refractivity (Wildman–Crippen MR) is 120 cm³/mol. The highest BCUT2D eigenvalue weighted by Crippen LogP contribution is 2.12. The first-order chi connectivity index (χ1) is 15.3. The van der Waals surface area contributed by atoms with Gasteiger partial charge in [-0.05, 0) is 12.8 Å². The Bertz CT molecular complexity index is 766. The van der Waals surface area contributed by atoms with Crippen LogP contribution >= 0.6 is 0 Å². The maximum Gasteiger partial charge on any atom is 0.320 e. The third-order valence-corrected chi connectivity index (χ3v) is 5.45. The molecule has 0 aromatic carbocycles. The molecular formula is C22H36N6O4. The number of aliphatic carboxylic acids is 2. The van der Waals surface area contributed by atoms with Crippen molar-refractivity contribution >= 4 is 11.9 Å². The summed E-state index contributed by atoms with van der Waals surface area (Å²) in [6.07, 6.45) is 14.9. The molecule has 0 aliphatic rings. The molecule has 32 heavy (non-hydrogen) atoms. The Labute approximate surface area is 188 Å². The van der Waals surface area contributed by atoms with Crippen LogP contribution in [0.15, 0.2) is 12.4 Å². The SMILES string of the molecule is NC(Cc1cnc(CCCCCCCCCCc2ncc(CC(N)C(=O)O)[nH]2)[nH]1)C(=O)O. The molecule has 8 N–H and O–H groups in total. The monoisotopic (exact) mass is 448 g/mol. The number of hydrogen-bond donors (Lipinski definition) is 6. The number of carboxylic acids is 2. The van der Waals surface area contributed by atoms with Crippen molar-refractivity contribution in [2.45, 2.75) is 89.1 Å². The Morgan fingerprint density at radius 2 is 1.06 bits per heavy atom. The lowest BCUT2D eigenvalue weighted by atomic mass is 10.1. The van der Waals surface area contributed by atoms with Gasteiger partial charge in [0.2, 0.25) is 0 Å². The summed E-state index contributed by atoms with van der Waals surface area (Å²) in [5.74, 6) is -0.226. The van der Waals surface area contributed by atoms with Crippen molar-refractivity contribution in [1.29, 1.82) is 0 Å². The van der Waals surface area contributed by atoms with Crippen molar-refractivity contribution in [3.8, 4) is 0 Å². The van der Waals surface area contributed by atoms with Gasteiger partial charge < -0.3 is 31.6 Å². The highest BCUT2D eigenvalue weighted by atomic mass is 16.4. The second-order valence-corrected chi connectivity index (χ2v) is 8.34. The molecule has 0 saturated carbocycles. The molecule has 2 heterocycles. The summed E-state index contributed by atoms with van der Waals surface area (Å²) in [6.45, 7) is 0. The van der Waals surface area contributed by atoms with E-state index in [-0.39, 0.29) is 12.8 Å². The summed E-state index contributed by atoms with van der Waals surface area (Å²) in [7, 11) is 0. The molecule has 2 aromatic heterocycles. The highest BCUT2D eigenvalue weighted by Gasteiger charge is 2.14.